The SMILES string of the molecule is COc1cc(C)c(N=C(N)SCOC(=O)COC(C)c2cc(C=N)ccc2C(N)=NC=Nc2ccc(OC(F)(F)F)cc2)c(C)c1. The van der Waals surface area contributed by atoms with Crippen LogP contribution in [0, 0.1) is 19.3 Å². The Kier molecular flexibility index (Phi) is 12.7. The molecule has 3 aromatic rings. The lowest BCUT2D eigenvalue weighted by atomic mass is 9.99. The molecular weight excluding hydrogens is 625 g/mol. The maximum atomic E-state index is 12.4. The quantitative estimate of drug-likeness (QED) is 0.0841. The third kappa shape index (κ3) is 10.9. The van der Waals surface area contributed by atoms with Crippen LogP contribution in [0.2, 0.25) is 0 Å². The number of rotatable bonds is 13. The van der Waals surface area contributed by atoms with Gasteiger partial charge >= 0.3 is 12.3 Å². The number of methoxy groups -OCH3 is 1. The topological polar surface area (TPSA) is 167 Å². The van der Waals surface area contributed by atoms with E-state index >= 15 is 0 Å². The molecule has 1 unspecified atom stereocenters. The van der Waals surface area contributed by atoms with Gasteiger partial charge in [-0.2, -0.15) is 0 Å². The minimum absolute atomic E-state index is 0.0545. The number of benzene rings is 3. The molecular formula is C31H33F3N6O5S. The number of halogens is 3. The number of hydrogen-bond donors (Lipinski definition) is 3. The molecule has 0 spiro atoms. The zero-order valence-corrected chi connectivity index (χ0v) is 26.2. The molecule has 0 saturated carbocycles. The van der Waals surface area contributed by atoms with Crippen molar-refractivity contribution in [1.29, 1.82) is 5.41 Å². The van der Waals surface area contributed by atoms with Crippen LogP contribution in [0.25, 0.3) is 0 Å². The molecule has 11 nitrogen and oxygen atoms in total. The van der Waals surface area contributed by atoms with E-state index in [-0.39, 0.29) is 29.3 Å². The van der Waals surface area contributed by atoms with E-state index in [0.29, 0.717) is 28.1 Å². The zero-order chi connectivity index (χ0) is 33.9. The van der Waals surface area contributed by atoms with E-state index < -0.39 is 18.4 Å². The van der Waals surface area contributed by atoms with Crippen molar-refractivity contribution in [2.24, 2.45) is 26.4 Å². The molecule has 0 radical (unpaired) electrons. The number of thioether (sulfide) groups is 1. The van der Waals surface area contributed by atoms with Gasteiger partial charge in [-0.3, -0.25) is 0 Å². The van der Waals surface area contributed by atoms with E-state index in [1.54, 1.807) is 32.2 Å². The summed E-state index contributed by atoms with van der Waals surface area (Å²) in [5, 5.41) is 7.82. The fourth-order valence-electron chi connectivity index (χ4n) is 4.03. The molecule has 0 saturated heterocycles. The van der Waals surface area contributed by atoms with Gasteiger partial charge in [0.15, 0.2) is 5.17 Å². The van der Waals surface area contributed by atoms with E-state index in [9.17, 15) is 18.0 Å². The van der Waals surface area contributed by atoms with Crippen LogP contribution < -0.4 is 20.9 Å². The third-order valence-electron chi connectivity index (χ3n) is 6.23. The van der Waals surface area contributed by atoms with Crippen molar-refractivity contribution in [2.75, 3.05) is 19.7 Å². The van der Waals surface area contributed by atoms with Crippen LogP contribution in [-0.4, -0.2) is 55.5 Å². The number of hydrogen-bond acceptors (Lipinski definition) is 9. The van der Waals surface area contributed by atoms with Crippen molar-refractivity contribution in [3.8, 4) is 11.5 Å². The number of aliphatic imine (C=N–C) groups is 3. The van der Waals surface area contributed by atoms with E-state index in [4.69, 9.17) is 31.1 Å². The number of nitrogens with two attached hydrogens (primary N) is 2. The molecule has 0 heterocycles. The fraction of sp³-hybridized carbons (Fsp3) is 0.258. The van der Waals surface area contributed by atoms with Crippen LogP contribution in [0.15, 0.2) is 69.6 Å². The molecule has 0 aromatic heterocycles. The summed E-state index contributed by atoms with van der Waals surface area (Å²) in [6.45, 7) is 5.11. The van der Waals surface area contributed by atoms with Gasteiger partial charge < -0.3 is 35.8 Å². The van der Waals surface area contributed by atoms with Gasteiger partial charge in [0.25, 0.3) is 0 Å². The smallest absolute Gasteiger partial charge is 0.497 e. The number of carbonyl (C=O) groups is 1. The second-order valence-corrected chi connectivity index (χ2v) is 10.5. The van der Waals surface area contributed by atoms with Crippen LogP contribution in [0.1, 0.15) is 40.8 Å². The van der Waals surface area contributed by atoms with Crippen molar-refractivity contribution in [3.05, 3.63) is 82.4 Å². The molecule has 3 rings (SSSR count). The molecule has 15 heteroatoms. The Labute approximate surface area is 268 Å². The summed E-state index contributed by atoms with van der Waals surface area (Å²) in [6, 6.07) is 13.6. The van der Waals surface area contributed by atoms with E-state index in [1.807, 2.05) is 26.0 Å². The predicted molar refractivity (Wildman–Crippen MR) is 173 cm³/mol. The Bertz CT molecular complexity index is 1600. The Hall–Kier alpha value is -4.89. The first-order chi connectivity index (χ1) is 21.8. The number of amidine groups is 2. The zero-order valence-electron chi connectivity index (χ0n) is 25.4. The van der Waals surface area contributed by atoms with Crippen molar-refractivity contribution < 1.29 is 36.9 Å². The van der Waals surface area contributed by atoms with Crippen LogP contribution in [0.3, 0.4) is 0 Å². The first kappa shape index (κ1) is 35.6. The Morgan fingerprint density at radius 1 is 1.04 bits per heavy atom. The van der Waals surface area contributed by atoms with Gasteiger partial charge in [-0.25, -0.2) is 19.8 Å². The van der Waals surface area contributed by atoms with E-state index in [2.05, 4.69) is 19.7 Å². The summed E-state index contributed by atoms with van der Waals surface area (Å²) in [6.07, 6.45) is -3.16. The molecule has 0 aliphatic rings. The minimum atomic E-state index is -4.80. The second-order valence-electron chi connectivity index (χ2n) is 9.58. The molecule has 1 atom stereocenters. The molecule has 46 heavy (non-hydrogen) atoms. The van der Waals surface area contributed by atoms with Gasteiger partial charge in [-0.15, -0.1) is 13.2 Å². The van der Waals surface area contributed by atoms with Crippen molar-refractivity contribution in [3.63, 3.8) is 0 Å². The number of nitrogens with one attached hydrogen (secondary N) is 1. The number of ether oxygens (including phenoxy) is 4. The van der Waals surface area contributed by atoms with Gasteiger partial charge in [-0.1, -0.05) is 12.1 Å². The van der Waals surface area contributed by atoms with Crippen LogP contribution in [-0.2, 0) is 14.3 Å². The Morgan fingerprint density at radius 2 is 1.72 bits per heavy atom. The largest absolute Gasteiger partial charge is 0.573 e. The highest BCUT2D eigenvalue weighted by Crippen LogP contribution is 2.29. The van der Waals surface area contributed by atoms with Crippen LogP contribution in [0.5, 0.6) is 11.5 Å². The summed E-state index contributed by atoms with van der Waals surface area (Å²) in [4.78, 5) is 25.0. The van der Waals surface area contributed by atoms with Crippen LogP contribution >= 0.6 is 11.8 Å². The number of nitrogens with zero attached hydrogens (tertiary/aromatic N) is 3. The highest BCUT2D eigenvalue weighted by Gasteiger charge is 2.31. The number of alkyl halides is 3. The highest BCUT2D eigenvalue weighted by molar-refractivity contribution is 8.13. The number of aryl methyl sites for hydroxylation is 2. The molecule has 0 aliphatic heterocycles. The average Bonchev–Trinajstić information content (AvgIpc) is 3.01. The maximum Gasteiger partial charge on any atom is 0.573 e. The lowest BCUT2D eigenvalue weighted by molar-refractivity contribution is -0.274. The molecule has 3 aromatic carbocycles. The standard InChI is InChI=1S/C31H33F3N6O5S/c1-18-11-24(42-4)12-19(2)28(18)40-30(37)46-17-44-27(41)15-43-20(3)26-13-21(14-35)5-10-25(26)29(36)39-16-38-22-6-8-23(9-7-22)45-31(32,33)34/h5-14,16,20,35H,15,17H2,1-4H3,(H2,37,40)(H2,36,38,39). The lowest BCUT2D eigenvalue weighted by Crippen LogP contribution is -2.20. The van der Waals surface area contributed by atoms with Crippen molar-refractivity contribution >= 4 is 52.7 Å². The van der Waals surface area contributed by atoms with Crippen LogP contribution in [0.4, 0.5) is 24.5 Å². The summed E-state index contributed by atoms with van der Waals surface area (Å²) < 4.78 is 57.1. The van der Waals surface area contributed by atoms with Crippen molar-refractivity contribution in [2.45, 2.75) is 33.2 Å². The maximum absolute atomic E-state index is 12.4. The van der Waals surface area contributed by atoms with Gasteiger partial charge in [0, 0.05) is 11.8 Å². The fourth-order valence-corrected chi connectivity index (χ4v) is 4.50. The molecule has 0 amide bonds. The predicted octanol–water partition coefficient (Wildman–Crippen LogP) is 6.23. The lowest BCUT2D eigenvalue weighted by Gasteiger charge is -2.17. The summed E-state index contributed by atoms with van der Waals surface area (Å²) in [7, 11) is 1.59. The minimum Gasteiger partial charge on any atom is -0.497 e. The first-order valence-electron chi connectivity index (χ1n) is 13.6. The van der Waals surface area contributed by atoms with Crippen molar-refractivity contribution in [1.82, 2.24) is 0 Å². The molecule has 0 aliphatic carbocycles. The Morgan fingerprint density at radius 3 is 2.33 bits per heavy atom. The molecule has 0 bridgehead atoms. The summed E-state index contributed by atoms with van der Waals surface area (Å²) >= 11 is 1.05. The molecule has 244 valence electrons. The molecule has 0 fully saturated rings. The number of esters is 1. The van der Waals surface area contributed by atoms with E-state index in [1.165, 1.54) is 12.1 Å². The second kappa shape index (κ2) is 16.4. The average molecular weight is 659 g/mol. The number of carbonyl (C=O) groups excluding carboxylic acids is 1. The van der Waals surface area contributed by atoms with Gasteiger partial charge in [0.05, 0.1) is 24.6 Å². The monoisotopic (exact) mass is 658 g/mol. The highest BCUT2D eigenvalue weighted by atomic mass is 32.2. The summed E-state index contributed by atoms with van der Waals surface area (Å²) in [5.74, 6) is -0.316. The molecule has 5 N–H and O–H groups in total. The van der Waals surface area contributed by atoms with Gasteiger partial charge in [0.2, 0.25) is 0 Å². The first-order valence-corrected chi connectivity index (χ1v) is 14.5. The third-order valence-corrected chi connectivity index (χ3v) is 6.85. The van der Waals surface area contributed by atoms with Gasteiger partial charge in [-0.05, 0) is 97.3 Å². The summed E-state index contributed by atoms with van der Waals surface area (Å²) in [5.41, 5.74) is 16.6. The van der Waals surface area contributed by atoms with Gasteiger partial charge in [0.1, 0.15) is 36.2 Å². The van der Waals surface area contributed by atoms with E-state index in [0.717, 1.165) is 53.3 Å². The normalized spacial score (nSPS) is 13.0. The Balaban J connectivity index is 1.59.